The van der Waals surface area contributed by atoms with E-state index in [0.717, 1.165) is 5.56 Å². The fraction of sp³-hybridized carbons (Fsp3) is 0.467. The molecule has 1 atom stereocenters. The number of nitrogens with zero attached hydrogens (tertiary/aromatic N) is 2. The van der Waals surface area contributed by atoms with Crippen LogP contribution in [0.15, 0.2) is 24.3 Å². The minimum atomic E-state index is -2.85. The summed E-state index contributed by atoms with van der Waals surface area (Å²) in [6.45, 7) is 0.148. The van der Waals surface area contributed by atoms with E-state index in [1.807, 2.05) is 0 Å². The van der Waals surface area contributed by atoms with Gasteiger partial charge in [-0.1, -0.05) is 12.1 Å². The largest absolute Gasteiger partial charge is 0.435 e. The summed E-state index contributed by atoms with van der Waals surface area (Å²) < 4.78 is 28.5. The molecule has 1 aromatic carbocycles. The van der Waals surface area contributed by atoms with Crippen LogP contribution in [0.4, 0.5) is 13.6 Å². The molecule has 8 heteroatoms. The Kier molecular flexibility index (Phi) is 5.49. The van der Waals surface area contributed by atoms with E-state index in [0.29, 0.717) is 19.6 Å². The number of nitrogens with one attached hydrogen (secondary N) is 1. The Hall–Kier alpha value is -2.22. The fourth-order valence-electron chi connectivity index (χ4n) is 2.30. The van der Waals surface area contributed by atoms with E-state index in [9.17, 15) is 18.4 Å². The number of carbonyl (C=O) groups excluding carboxylic acids is 2. The van der Waals surface area contributed by atoms with Gasteiger partial charge in [-0.25, -0.2) is 4.79 Å². The van der Waals surface area contributed by atoms with Gasteiger partial charge in [-0.05, 0) is 31.7 Å². The minimum absolute atomic E-state index is 0.0873. The van der Waals surface area contributed by atoms with Crippen LogP contribution in [-0.2, 0) is 11.3 Å². The van der Waals surface area contributed by atoms with Crippen molar-refractivity contribution in [2.24, 2.45) is 0 Å². The molecular formula is C15H19F2N3O3. The van der Waals surface area contributed by atoms with Crippen molar-refractivity contribution < 1.29 is 23.1 Å². The molecule has 0 unspecified atom stereocenters. The van der Waals surface area contributed by atoms with Gasteiger partial charge in [0.05, 0.1) is 6.04 Å². The maximum absolute atomic E-state index is 12.3. The second-order valence-corrected chi connectivity index (χ2v) is 5.34. The zero-order valence-corrected chi connectivity index (χ0v) is 13.0. The lowest BCUT2D eigenvalue weighted by Crippen LogP contribution is -2.46. The molecule has 1 aliphatic heterocycles. The van der Waals surface area contributed by atoms with Crippen LogP contribution in [0.2, 0.25) is 0 Å². The molecule has 0 radical (unpaired) electrons. The molecule has 1 saturated heterocycles. The summed E-state index contributed by atoms with van der Waals surface area (Å²) in [5, 5.41) is 2.59. The van der Waals surface area contributed by atoms with Crippen LogP contribution in [0, 0.1) is 0 Å². The number of alkyl halides is 2. The monoisotopic (exact) mass is 327 g/mol. The lowest BCUT2D eigenvalue weighted by atomic mass is 10.1. The van der Waals surface area contributed by atoms with Crippen molar-refractivity contribution >= 4 is 11.9 Å². The van der Waals surface area contributed by atoms with E-state index in [2.05, 4.69) is 10.1 Å². The van der Waals surface area contributed by atoms with Gasteiger partial charge < -0.3 is 10.1 Å². The number of likely N-dealkylation sites (N-methyl/N-ethyl adjacent to an activating group) is 1. The van der Waals surface area contributed by atoms with Gasteiger partial charge in [-0.3, -0.25) is 14.6 Å². The number of amides is 3. The topological polar surface area (TPSA) is 61.9 Å². The molecule has 1 aliphatic rings. The number of benzene rings is 1. The molecule has 6 nitrogen and oxygen atoms in total. The van der Waals surface area contributed by atoms with Gasteiger partial charge in [0.25, 0.3) is 0 Å². The molecule has 1 fully saturated rings. The van der Waals surface area contributed by atoms with Crippen molar-refractivity contribution in [3.8, 4) is 5.75 Å². The maximum atomic E-state index is 12.3. The molecule has 0 aromatic heterocycles. The zero-order chi connectivity index (χ0) is 17.0. The number of carbonyl (C=O) groups is 2. The van der Waals surface area contributed by atoms with E-state index < -0.39 is 12.7 Å². The summed E-state index contributed by atoms with van der Waals surface area (Å²) in [7, 11) is 1.76. The number of rotatable bonds is 6. The molecule has 2 rings (SSSR count). The third kappa shape index (κ3) is 4.38. The number of hydrogen-bond donors (Lipinski definition) is 1. The van der Waals surface area contributed by atoms with Crippen molar-refractivity contribution in [3.05, 3.63) is 29.8 Å². The standard InChI is InChI=1S/C15H19F2N3O3/c1-10(13(21)20-8-7-18-15(20)22)19(2)9-11-3-5-12(6-4-11)23-14(16)17/h3-6,10,14H,7-9H2,1-2H3,(H,18,22)/t10-/m1/s1. The summed E-state index contributed by atoms with van der Waals surface area (Å²) in [5.74, 6) is -0.176. The first-order valence-electron chi connectivity index (χ1n) is 7.21. The lowest BCUT2D eigenvalue weighted by Gasteiger charge is -2.26. The van der Waals surface area contributed by atoms with Gasteiger partial charge in [-0.15, -0.1) is 0 Å². The zero-order valence-electron chi connectivity index (χ0n) is 13.0. The fourth-order valence-corrected chi connectivity index (χ4v) is 2.30. The number of halogens is 2. The first-order valence-corrected chi connectivity index (χ1v) is 7.21. The Morgan fingerprint density at radius 1 is 1.39 bits per heavy atom. The minimum Gasteiger partial charge on any atom is -0.435 e. The van der Waals surface area contributed by atoms with E-state index >= 15 is 0 Å². The van der Waals surface area contributed by atoms with Crippen molar-refractivity contribution in [2.45, 2.75) is 26.1 Å². The van der Waals surface area contributed by atoms with Crippen LogP contribution in [0.5, 0.6) is 5.75 Å². The Morgan fingerprint density at radius 2 is 2.04 bits per heavy atom. The van der Waals surface area contributed by atoms with Gasteiger partial charge in [0.1, 0.15) is 5.75 Å². The van der Waals surface area contributed by atoms with Gasteiger partial charge in [0, 0.05) is 19.6 Å². The molecule has 23 heavy (non-hydrogen) atoms. The highest BCUT2D eigenvalue weighted by Crippen LogP contribution is 2.17. The van der Waals surface area contributed by atoms with Crippen LogP contribution in [0.3, 0.4) is 0 Å². The average molecular weight is 327 g/mol. The number of urea groups is 1. The quantitative estimate of drug-likeness (QED) is 0.863. The lowest BCUT2D eigenvalue weighted by molar-refractivity contribution is -0.132. The molecular weight excluding hydrogens is 308 g/mol. The first-order chi connectivity index (χ1) is 10.9. The van der Waals surface area contributed by atoms with Crippen molar-refractivity contribution in [1.29, 1.82) is 0 Å². The molecule has 0 bridgehead atoms. The van der Waals surface area contributed by atoms with Crippen LogP contribution in [-0.4, -0.2) is 54.5 Å². The summed E-state index contributed by atoms with van der Waals surface area (Å²) in [4.78, 5) is 26.8. The van der Waals surface area contributed by atoms with Crippen molar-refractivity contribution in [1.82, 2.24) is 15.1 Å². The van der Waals surface area contributed by atoms with E-state index in [-0.39, 0.29) is 17.7 Å². The summed E-state index contributed by atoms with van der Waals surface area (Å²) >= 11 is 0. The summed E-state index contributed by atoms with van der Waals surface area (Å²) in [6, 6.07) is 5.38. The molecule has 1 N–H and O–H groups in total. The molecule has 0 spiro atoms. The van der Waals surface area contributed by atoms with Crippen LogP contribution in [0.1, 0.15) is 12.5 Å². The second-order valence-electron chi connectivity index (χ2n) is 5.34. The number of imide groups is 1. The first kappa shape index (κ1) is 17.1. The van der Waals surface area contributed by atoms with Gasteiger partial charge in [0.15, 0.2) is 0 Å². The van der Waals surface area contributed by atoms with Crippen molar-refractivity contribution in [2.75, 3.05) is 20.1 Å². The molecule has 126 valence electrons. The third-order valence-corrected chi connectivity index (χ3v) is 3.72. The smallest absolute Gasteiger partial charge is 0.387 e. The predicted octanol–water partition coefficient (Wildman–Crippen LogP) is 1.66. The Morgan fingerprint density at radius 3 is 2.57 bits per heavy atom. The van der Waals surface area contributed by atoms with Gasteiger partial charge in [-0.2, -0.15) is 8.78 Å². The second kappa shape index (κ2) is 7.36. The number of hydrogen-bond acceptors (Lipinski definition) is 4. The van der Waals surface area contributed by atoms with E-state index in [1.54, 1.807) is 31.0 Å². The number of ether oxygens (including phenoxy) is 1. The average Bonchev–Trinajstić information content (AvgIpc) is 2.93. The van der Waals surface area contributed by atoms with Gasteiger partial charge in [0.2, 0.25) is 5.91 Å². The molecule has 0 saturated carbocycles. The molecule has 1 heterocycles. The molecule has 0 aliphatic carbocycles. The molecule has 3 amide bonds. The Balaban J connectivity index is 1.93. The maximum Gasteiger partial charge on any atom is 0.387 e. The van der Waals surface area contributed by atoms with Crippen LogP contribution < -0.4 is 10.1 Å². The highest BCUT2D eigenvalue weighted by Gasteiger charge is 2.31. The predicted molar refractivity (Wildman–Crippen MR) is 79.1 cm³/mol. The molecule has 1 aromatic rings. The highest BCUT2D eigenvalue weighted by molar-refractivity contribution is 5.98. The summed E-state index contributed by atoms with van der Waals surface area (Å²) in [5.41, 5.74) is 0.847. The van der Waals surface area contributed by atoms with Crippen LogP contribution in [0.25, 0.3) is 0 Å². The Labute approximate surface area is 133 Å². The summed E-state index contributed by atoms with van der Waals surface area (Å²) in [6.07, 6.45) is 0. The normalized spacial score (nSPS) is 15.9. The Bertz CT molecular complexity index is 566. The SMILES string of the molecule is C[C@H](C(=O)N1CCNC1=O)N(C)Cc1ccc(OC(F)F)cc1. The van der Waals surface area contributed by atoms with E-state index in [4.69, 9.17) is 0 Å². The third-order valence-electron chi connectivity index (χ3n) is 3.72. The van der Waals surface area contributed by atoms with Crippen molar-refractivity contribution in [3.63, 3.8) is 0 Å². The highest BCUT2D eigenvalue weighted by atomic mass is 19.3. The van der Waals surface area contributed by atoms with Gasteiger partial charge >= 0.3 is 12.6 Å². The van der Waals surface area contributed by atoms with Crippen LogP contribution >= 0.6 is 0 Å². The van der Waals surface area contributed by atoms with E-state index in [1.165, 1.54) is 17.0 Å².